The Morgan fingerprint density at radius 3 is 2.81 bits per heavy atom. The van der Waals surface area contributed by atoms with Crippen molar-refractivity contribution in [3.05, 3.63) is 48.2 Å². The van der Waals surface area contributed by atoms with Crippen molar-refractivity contribution < 1.29 is 18.6 Å². The number of hydrogen-bond donors (Lipinski definition) is 0. The lowest BCUT2D eigenvalue weighted by atomic mass is 10.2. The maximum atomic E-state index is 12.4. The van der Waals surface area contributed by atoms with E-state index >= 15 is 0 Å². The number of aryl methyl sites for hydroxylation is 1. The second kappa shape index (κ2) is 7.81. The Hall–Kier alpha value is -3.16. The third-order valence-corrected chi connectivity index (χ3v) is 4.23. The second-order valence-corrected chi connectivity index (χ2v) is 5.82. The molecule has 2 aromatic heterocycles. The van der Waals surface area contributed by atoms with Crippen molar-refractivity contribution in [2.24, 2.45) is 0 Å². The molecule has 0 saturated carbocycles. The number of benzene rings is 1. The zero-order valence-electron chi connectivity index (χ0n) is 14.9. The summed E-state index contributed by atoms with van der Waals surface area (Å²) in [7, 11) is 3.32. The van der Waals surface area contributed by atoms with Gasteiger partial charge in [0.05, 0.1) is 18.7 Å². The maximum absolute atomic E-state index is 12.4. The number of methoxy groups -OCH3 is 1. The predicted molar refractivity (Wildman–Crippen MR) is 92.3 cm³/mol. The minimum absolute atomic E-state index is 0.0439. The first-order chi connectivity index (χ1) is 12.6. The zero-order chi connectivity index (χ0) is 18.5. The molecule has 1 atom stereocenters. The van der Waals surface area contributed by atoms with Gasteiger partial charge in [-0.2, -0.15) is 4.98 Å². The predicted octanol–water partition coefficient (Wildman–Crippen LogP) is 2.89. The summed E-state index contributed by atoms with van der Waals surface area (Å²) in [6.07, 6.45) is 2.10. The van der Waals surface area contributed by atoms with Crippen molar-refractivity contribution in [1.29, 1.82) is 0 Å². The molecule has 8 heteroatoms. The van der Waals surface area contributed by atoms with E-state index in [0.29, 0.717) is 29.6 Å². The van der Waals surface area contributed by atoms with Gasteiger partial charge in [0.25, 0.3) is 0 Å². The van der Waals surface area contributed by atoms with Crippen LogP contribution in [0.4, 0.5) is 0 Å². The van der Waals surface area contributed by atoms with Crippen molar-refractivity contribution in [2.75, 3.05) is 14.2 Å². The molecule has 1 amide bonds. The van der Waals surface area contributed by atoms with Gasteiger partial charge in [0.2, 0.25) is 17.6 Å². The lowest BCUT2D eigenvalue weighted by molar-refractivity contribution is -0.131. The molecule has 8 nitrogen and oxygen atoms in total. The summed E-state index contributed by atoms with van der Waals surface area (Å²) < 4.78 is 15.4. The van der Waals surface area contributed by atoms with Crippen molar-refractivity contribution in [3.8, 4) is 17.1 Å². The van der Waals surface area contributed by atoms with E-state index in [4.69, 9.17) is 13.8 Å². The van der Waals surface area contributed by atoms with E-state index in [1.54, 1.807) is 25.1 Å². The Bertz CT molecular complexity index is 860. The maximum Gasteiger partial charge on any atom is 0.227 e. The van der Waals surface area contributed by atoms with Crippen LogP contribution in [0.2, 0.25) is 0 Å². The molecule has 136 valence electrons. The molecule has 0 spiro atoms. The molecule has 26 heavy (non-hydrogen) atoms. The summed E-state index contributed by atoms with van der Waals surface area (Å²) in [6.45, 7) is 1.89. The van der Waals surface area contributed by atoms with Gasteiger partial charge in [-0.15, -0.1) is 0 Å². The van der Waals surface area contributed by atoms with Gasteiger partial charge in [-0.3, -0.25) is 4.79 Å². The summed E-state index contributed by atoms with van der Waals surface area (Å²) in [6, 6.07) is 8.99. The Morgan fingerprint density at radius 1 is 1.27 bits per heavy atom. The van der Waals surface area contributed by atoms with Crippen molar-refractivity contribution >= 4 is 5.91 Å². The standard InChI is InChI=1S/C18H20N4O4/c1-12(14-10-11-25-20-14)22(2)17(23)9-8-16-19-18(21-26-16)13-6-4-5-7-15(13)24-3/h4-7,10-12H,8-9H2,1-3H3. The molecule has 1 unspecified atom stereocenters. The normalized spacial score (nSPS) is 12.0. The van der Waals surface area contributed by atoms with E-state index in [0.717, 1.165) is 5.56 Å². The fourth-order valence-electron chi connectivity index (χ4n) is 2.54. The van der Waals surface area contributed by atoms with Gasteiger partial charge in [0.1, 0.15) is 17.7 Å². The summed E-state index contributed by atoms with van der Waals surface area (Å²) in [5.74, 6) is 1.46. The Balaban J connectivity index is 1.62. The quantitative estimate of drug-likeness (QED) is 0.642. The van der Waals surface area contributed by atoms with Gasteiger partial charge < -0.3 is 18.7 Å². The SMILES string of the molecule is COc1ccccc1-c1noc(CCC(=O)N(C)C(C)c2ccon2)n1. The molecular weight excluding hydrogens is 336 g/mol. The van der Waals surface area contributed by atoms with E-state index in [2.05, 4.69) is 15.3 Å². The average Bonchev–Trinajstić information content (AvgIpc) is 3.36. The molecule has 0 N–H and O–H groups in total. The zero-order valence-corrected chi connectivity index (χ0v) is 14.9. The molecule has 3 aromatic rings. The smallest absolute Gasteiger partial charge is 0.227 e. The molecule has 0 aliphatic heterocycles. The minimum Gasteiger partial charge on any atom is -0.496 e. The summed E-state index contributed by atoms with van der Waals surface area (Å²) >= 11 is 0. The fourth-order valence-corrected chi connectivity index (χ4v) is 2.54. The van der Waals surface area contributed by atoms with Crippen LogP contribution in [-0.2, 0) is 11.2 Å². The van der Waals surface area contributed by atoms with Gasteiger partial charge >= 0.3 is 0 Å². The first-order valence-electron chi connectivity index (χ1n) is 8.22. The molecule has 0 fully saturated rings. The molecule has 3 rings (SSSR count). The van der Waals surface area contributed by atoms with Crippen LogP contribution in [0.25, 0.3) is 11.4 Å². The van der Waals surface area contributed by atoms with Crippen LogP contribution in [0.3, 0.4) is 0 Å². The van der Waals surface area contributed by atoms with Gasteiger partial charge in [-0.1, -0.05) is 22.4 Å². The van der Waals surface area contributed by atoms with E-state index in [9.17, 15) is 4.79 Å². The number of hydrogen-bond acceptors (Lipinski definition) is 7. The first kappa shape index (κ1) is 17.7. The van der Waals surface area contributed by atoms with Crippen molar-refractivity contribution in [2.45, 2.75) is 25.8 Å². The van der Waals surface area contributed by atoms with Gasteiger partial charge in [-0.25, -0.2) is 0 Å². The molecule has 0 radical (unpaired) electrons. The van der Waals surface area contributed by atoms with Crippen LogP contribution in [0.15, 0.2) is 45.6 Å². The average molecular weight is 356 g/mol. The summed E-state index contributed by atoms with van der Waals surface area (Å²) in [4.78, 5) is 18.4. The highest BCUT2D eigenvalue weighted by Gasteiger charge is 2.20. The van der Waals surface area contributed by atoms with Crippen LogP contribution in [0.1, 0.15) is 31.0 Å². The van der Waals surface area contributed by atoms with Gasteiger partial charge in [-0.05, 0) is 19.1 Å². The Morgan fingerprint density at radius 2 is 2.08 bits per heavy atom. The Labute approximate surface area is 150 Å². The monoisotopic (exact) mass is 356 g/mol. The second-order valence-electron chi connectivity index (χ2n) is 5.82. The number of carbonyl (C=O) groups excluding carboxylic acids is 1. The first-order valence-corrected chi connectivity index (χ1v) is 8.22. The molecular formula is C18H20N4O4. The largest absolute Gasteiger partial charge is 0.496 e. The lowest BCUT2D eigenvalue weighted by Gasteiger charge is -2.22. The molecule has 0 aliphatic carbocycles. The van der Waals surface area contributed by atoms with Crippen LogP contribution in [0, 0.1) is 0 Å². The Kier molecular flexibility index (Phi) is 5.31. The van der Waals surface area contributed by atoms with E-state index in [-0.39, 0.29) is 18.4 Å². The number of ether oxygens (including phenoxy) is 1. The number of aromatic nitrogens is 3. The van der Waals surface area contributed by atoms with Crippen LogP contribution < -0.4 is 4.74 Å². The van der Waals surface area contributed by atoms with Gasteiger partial charge in [0.15, 0.2) is 0 Å². The highest BCUT2D eigenvalue weighted by Crippen LogP contribution is 2.27. The third kappa shape index (κ3) is 3.74. The highest BCUT2D eigenvalue weighted by molar-refractivity contribution is 5.76. The third-order valence-electron chi connectivity index (χ3n) is 4.23. The summed E-state index contributed by atoms with van der Waals surface area (Å²) in [5.41, 5.74) is 1.45. The number of para-hydroxylation sites is 1. The van der Waals surface area contributed by atoms with E-state index in [1.165, 1.54) is 6.26 Å². The van der Waals surface area contributed by atoms with Crippen LogP contribution in [0.5, 0.6) is 5.75 Å². The summed E-state index contributed by atoms with van der Waals surface area (Å²) in [5, 5.41) is 7.85. The number of amides is 1. The fraction of sp³-hybridized carbons (Fsp3) is 0.333. The van der Waals surface area contributed by atoms with Crippen LogP contribution in [-0.4, -0.2) is 40.3 Å². The molecule has 2 heterocycles. The topological polar surface area (TPSA) is 94.5 Å². The van der Waals surface area contributed by atoms with E-state index < -0.39 is 0 Å². The highest BCUT2D eigenvalue weighted by atomic mass is 16.5. The van der Waals surface area contributed by atoms with Gasteiger partial charge in [0, 0.05) is 26.0 Å². The molecule has 0 aliphatic rings. The minimum atomic E-state index is -0.173. The lowest BCUT2D eigenvalue weighted by Crippen LogP contribution is -2.30. The van der Waals surface area contributed by atoms with E-state index in [1.807, 2.05) is 31.2 Å². The number of carbonyl (C=O) groups is 1. The molecule has 0 bridgehead atoms. The van der Waals surface area contributed by atoms with Crippen molar-refractivity contribution in [3.63, 3.8) is 0 Å². The molecule has 0 saturated heterocycles. The number of rotatable bonds is 7. The van der Waals surface area contributed by atoms with Crippen molar-refractivity contribution in [1.82, 2.24) is 20.2 Å². The number of nitrogens with zero attached hydrogens (tertiary/aromatic N) is 4. The molecule has 1 aromatic carbocycles. The van der Waals surface area contributed by atoms with Crippen LogP contribution >= 0.6 is 0 Å².